The molecule has 2 aliphatic heterocycles. The first-order valence-corrected chi connectivity index (χ1v) is 8.81. The van der Waals surface area contributed by atoms with E-state index in [4.69, 9.17) is 0 Å². The Balaban J connectivity index is 1.66. The molecule has 2 saturated heterocycles. The molecule has 3 aliphatic rings. The van der Waals surface area contributed by atoms with E-state index in [0.29, 0.717) is 25.6 Å². The van der Waals surface area contributed by atoms with Crippen LogP contribution in [-0.4, -0.2) is 57.9 Å². The summed E-state index contributed by atoms with van der Waals surface area (Å²) in [6, 6.07) is 0.0234. The van der Waals surface area contributed by atoms with Gasteiger partial charge in [-0.1, -0.05) is 12.8 Å². The van der Waals surface area contributed by atoms with Gasteiger partial charge in [0.15, 0.2) is 0 Å². The number of amides is 2. The molecule has 2 heterocycles. The first kappa shape index (κ1) is 16.3. The van der Waals surface area contributed by atoms with Gasteiger partial charge in [0.1, 0.15) is 0 Å². The Bertz CT molecular complexity index is 501. The van der Waals surface area contributed by atoms with Crippen LogP contribution < -0.4 is 0 Å². The van der Waals surface area contributed by atoms with E-state index in [1.807, 2.05) is 11.8 Å². The van der Waals surface area contributed by atoms with Gasteiger partial charge >= 0.3 is 5.97 Å². The second-order valence-electron chi connectivity index (χ2n) is 7.24. The second kappa shape index (κ2) is 6.49. The normalized spacial score (nSPS) is 32.6. The summed E-state index contributed by atoms with van der Waals surface area (Å²) in [4.78, 5) is 40.1. The van der Waals surface area contributed by atoms with Crippen molar-refractivity contribution in [2.75, 3.05) is 13.1 Å². The largest absolute Gasteiger partial charge is 0.481 e. The number of carbonyl (C=O) groups is 3. The van der Waals surface area contributed by atoms with Crippen LogP contribution in [0.1, 0.15) is 51.9 Å². The van der Waals surface area contributed by atoms with E-state index in [1.54, 1.807) is 4.90 Å². The Morgan fingerprint density at radius 2 is 1.83 bits per heavy atom. The minimum absolute atomic E-state index is 0.0303. The fourth-order valence-corrected chi connectivity index (χ4v) is 4.48. The van der Waals surface area contributed by atoms with Gasteiger partial charge in [-0.25, -0.2) is 0 Å². The van der Waals surface area contributed by atoms with E-state index in [0.717, 1.165) is 32.1 Å². The van der Waals surface area contributed by atoms with Crippen molar-refractivity contribution in [2.45, 2.75) is 64.0 Å². The molecule has 23 heavy (non-hydrogen) atoms. The van der Waals surface area contributed by atoms with Crippen LogP contribution in [0.15, 0.2) is 0 Å². The van der Waals surface area contributed by atoms with Gasteiger partial charge in [-0.2, -0.15) is 0 Å². The Labute approximate surface area is 136 Å². The zero-order valence-corrected chi connectivity index (χ0v) is 13.7. The van der Waals surface area contributed by atoms with Crippen LogP contribution in [0.4, 0.5) is 0 Å². The second-order valence-corrected chi connectivity index (χ2v) is 7.24. The first-order valence-electron chi connectivity index (χ1n) is 8.81. The Hall–Kier alpha value is -1.59. The van der Waals surface area contributed by atoms with E-state index in [-0.39, 0.29) is 30.2 Å². The smallest absolute Gasteiger partial charge is 0.308 e. The maximum absolute atomic E-state index is 12.8. The molecular weight excluding hydrogens is 296 g/mol. The predicted molar refractivity (Wildman–Crippen MR) is 83.6 cm³/mol. The first-order chi connectivity index (χ1) is 11.0. The average molecular weight is 322 g/mol. The third kappa shape index (κ3) is 3.08. The quantitative estimate of drug-likeness (QED) is 0.854. The number of likely N-dealkylation sites (tertiary alicyclic amines) is 2. The van der Waals surface area contributed by atoms with Gasteiger partial charge in [-0.3, -0.25) is 14.4 Å². The summed E-state index contributed by atoms with van der Waals surface area (Å²) in [6.45, 7) is 2.95. The summed E-state index contributed by atoms with van der Waals surface area (Å²) in [5, 5.41) is 9.30. The molecule has 1 saturated carbocycles. The minimum Gasteiger partial charge on any atom is -0.481 e. The molecule has 1 N–H and O–H groups in total. The fourth-order valence-electron chi connectivity index (χ4n) is 4.48. The molecule has 0 bridgehead atoms. The molecule has 0 spiro atoms. The van der Waals surface area contributed by atoms with Gasteiger partial charge in [0, 0.05) is 31.6 Å². The number of hydrogen-bond donors (Lipinski definition) is 1. The SMILES string of the molecule is C[C@@H]1[C@H](C(=O)O)CCCN1C(=O)C1CC(=O)N(C2CCCC2)C1. The topological polar surface area (TPSA) is 77.9 Å². The molecule has 6 heteroatoms. The number of carboxylic acid groups (broad SMARTS) is 1. The van der Waals surface area contributed by atoms with Crippen LogP contribution in [0.2, 0.25) is 0 Å². The maximum Gasteiger partial charge on any atom is 0.308 e. The number of rotatable bonds is 3. The number of piperidine rings is 1. The number of hydrogen-bond acceptors (Lipinski definition) is 3. The third-order valence-corrected chi connectivity index (χ3v) is 5.86. The molecule has 1 unspecified atom stereocenters. The van der Waals surface area contributed by atoms with Crippen LogP contribution in [0.3, 0.4) is 0 Å². The van der Waals surface area contributed by atoms with Gasteiger partial charge in [-0.15, -0.1) is 0 Å². The lowest BCUT2D eigenvalue weighted by Gasteiger charge is -2.38. The summed E-state index contributed by atoms with van der Waals surface area (Å²) in [5.41, 5.74) is 0. The number of aliphatic carboxylic acids is 1. The van der Waals surface area contributed by atoms with Crippen LogP contribution in [-0.2, 0) is 14.4 Å². The molecule has 3 atom stereocenters. The van der Waals surface area contributed by atoms with Crippen LogP contribution in [0.5, 0.6) is 0 Å². The fraction of sp³-hybridized carbons (Fsp3) is 0.824. The van der Waals surface area contributed by atoms with E-state index >= 15 is 0 Å². The molecule has 128 valence electrons. The summed E-state index contributed by atoms with van der Waals surface area (Å²) in [6.07, 6.45) is 6.06. The van der Waals surface area contributed by atoms with E-state index in [9.17, 15) is 19.5 Å². The highest BCUT2D eigenvalue weighted by Crippen LogP contribution is 2.32. The number of carbonyl (C=O) groups excluding carboxylic acids is 2. The predicted octanol–water partition coefficient (Wildman–Crippen LogP) is 1.49. The molecular formula is C17H26N2O4. The summed E-state index contributed by atoms with van der Waals surface area (Å²) >= 11 is 0. The molecule has 2 amide bonds. The summed E-state index contributed by atoms with van der Waals surface area (Å²) < 4.78 is 0. The van der Waals surface area contributed by atoms with Crippen molar-refractivity contribution in [3.05, 3.63) is 0 Å². The van der Waals surface area contributed by atoms with Crippen molar-refractivity contribution in [2.24, 2.45) is 11.8 Å². The van der Waals surface area contributed by atoms with Gasteiger partial charge < -0.3 is 14.9 Å². The molecule has 3 rings (SSSR count). The van der Waals surface area contributed by atoms with Crippen molar-refractivity contribution in [3.8, 4) is 0 Å². The van der Waals surface area contributed by atoms with E-state index in [2.05, 4.69) is 0 Å². The monoisotopic (exact) mass is 322 g/mol. The van der Waals surface area contributed by atoms with Crippen LogP contribution in [0.25, 0.3) is 0 Å². The van der Waals surface area contributed by atoms with Gasteiger partial charge in [-0.05, 0) is 32.6 Å². The lowest BCUT2D eigenvalue weighted by molar-refractivity contribution is -0.150. The lowest BCUT2D eigenvalue weighted by Crippen LogP contribution is -2.51. The Morgan fingerprint density at radius 3 is 2.48 bits per heavy atom. The summed E-state index contributed by atoms with van der Waals surface area (Å²) in [7, 11) is 0. The maximum atomic E-state index is 12.8. The van der Waals surface area contributed by atoms with Gasteiger partial charge in [0.25, 0.3) is 0 Å². The average Bonchev–Trinajstić information content (AvgIpc) is 3.15. The van der Waals surface area contributed by atoms with Crippen molar-refractivity contribution < 1.29 is 19.5 Å². The zero-order valence-electron chi connectivity index (χ0n) is 13.7. The molecule has 0 aromatic heterocycles. The lowest BCUT2D eigenvalue weighted by atomic mass is 9.89. The number of nitrogens with zero attached hydrogens (tertiary/aromatic N) is 2. The van der Waals surface area contributed by atoms with Gasteiger partial charge in [0.2, 0.25) is 11.8 Å². The summed E-state index contributed by atoms with van der Waals surface area (Å²) in [5.74, 6) is -1.55. The molecule has 6 nitrogen and oxygen atoms in total. The standard InChI is InChI=1S/C17H26N2O4/c1-11-14(17(22)23)7-4-8-18(11)16(21)12-9-15(20)19(10-12)13-5-2-3-6-13/h11-14H,2-10H2,1H3,(H,22,23)/t11-,12?,14-/m1/s1. The molecule has 0 radical (unpaired) electrons. The third-order valence-electron chi connectivity index (χ3n) is 5.86. The Kier molecular flexibility index (Phi) is 4.60. The highest BCUT2D eigenvalue weighted by molar-refractivity contribution is 5.90. The highest BCUT2D eigenvalue weighted by atomic mass is 16.4. The Morgan fingerprint density at radius 1 is 1.13 bits per heavy atom. The zero-order chi connectivity index (χ0) is 16.6. The van der Waals surface area contributed by atoms with Crippen molar-refractivity contribution in [3.63, 3.8) is 0 Å². The van der Waals surface area contributed by atoms with Crippen molar-refractivity contribution >= 4 is 17.8 Å². The number of carboxylic acids is 1. The van der Waals surface area contributed by atoms with Crippen LogP contribution >= 0.6 is 0 Å². The molecule has 0 aromatic carbocycles. The van der Waals surface area contributed by atoms with Crippen molar-refractivity contribution in [1.82, 2.24) is 9.80 Å². The highest BCUT2D eigenvalue weighted by Gasteiger charge is 2.43. The molecule has 1 aliphatic carbocycles. The van der Waals surface area contributed by atoms with Gasteiger partial charge in [0.05, 0.1) is 11.8 Å². The van der Waals surface area contributed by atoms with Crippen molar-refractivity contribution in [1.29, 1.82) is 0 Å². The minimum atomic E-state index is -0.829. The van der Waals surface area contributed by atoms with Crippen LogP contribution in [0, 0.1) is 11.8 Å². The molecule has 3 fully saturated rings. The van der Waals surface area contributed by atoms with E-state index in [1.165, 1.54) is 0 Å². The van der Waals surface area contributed by atoms with E-state index < -0.39 is 11.9 Å². The molecule has 0 aromatic rings.